The fourth-order valence-corrected chi connectivity index (χ4v) is 3.37. The van der Waals surface area contributed by atoms with E-state index >= 15 is 0 Å². The summed E-state index contributed by atoms with van der Waals surface area (Å²) < 4.78 is 0. The summed E-state index contributed by atoms with van der Waals surface area (Å²) in [5.74, 6) is -0.279. The smallest absolute Gasteiger partial charge is 0.264 e. The standard InChI is InChI=1S/C20H19N3O2S/c1-12-4-9-17(13(2)10-12)22-20-23-19(25)18(26-20)11-15-5-7-16(8-6-15)21-14(3)24/h4-11H,1-3H3,(H,21,24)(H,22,23,25). The highest BCUT2D eigenvalue weighted by Gasteiger charge is 2.23. The van der Waals surface area contributed by atoms with E-state index in [1.807, 2.05) is 44.2 Å². The molecule has 0 aromatic heterocycles. The molecule has 1 aliphatic heterocycles. The second-order valence-corrected chi connectivity index (χ2v) is 7.11. The zero-order valence-electron chi connectivity index (χ0n) is 14.8. The lowest BCUT2D eigenvalue weighted by atomic mass is 10.1. The number of nitrogens with one attached hydrogen (secondary N) is 2. The predicted molar refractivity (Wildman–Crippen MR) is 107 cm³/mol. The van der Waals surface area contributed by atoms with Crippen molar-refractivity contribution < 1.29 is 9.59 Å². The number of rotatable bonds is 3. The van der Waals surface area contributed by atoms with Crippen LogP contribution in [0.4, 0.5) is 11.4 Å². The molecule has 1 aliphatic rings. The first-order valence-corrected chi connectivity index (χ1v) is 8.97. The maximum Gasteiger partial charge on any atom is 0.264 e. The largest absolute Gasteiger partial charge is 0.326 e. The van der Waals surface area contributed by atoms with Crippen molar-refractivity contribution in [2.45, 2.75) is 20.8 Å². The SMILES string of the molecule is CC(=O)Nc1ccc(C=C2SC(=Nc3ccc(C)cc3C)NC2=O)cc1. The van der Waals surface area contributed by atoms with Gasteiger partial charge in [0.2, 0.25) is 5.91 Å². The summed E-state index contributed by atoms with van der Waals surface area (Å²) in [6.07, 6.45) is 1.81. The molecular formula is C20H19N3O2S. The van der Waals surface area contributed by atoms with Crippen LogP contribution in [-0.2, 0) is 9.59 Å². The second kappa shape index (κ2) is 7.58. The maximum absolute atomic E-state index is 12.2. The van der Waals surface area contributed by atoms with E-state index in [4.69, 9.17) is 0 Å². The van der Waals surface area contributed by atoms with Gasteiger partial charge in [0.1, 0.15) is 0 Å². The minimum atomic E-state index is -0.163. The Hall–Kier alpha value is -2.86. The Morgan fingerprint density at radius 3 is 2.54 bits per heavy atom. The van der Waals surface area contributed by atoms with Crippen molar-refractivity contribution in [3.05, 3.63) is 64.1 Å². The van der Waals surface area contributed by atoms with E-state index in [1.165, 1.54) is 24.2 Å². The molecule has 5 nitrogen and oxygen atoms in total. The molecule has 2 amide bonds. The zero-order chi connectivity index (χ0) is 18.7. The number of amidine groups is 1. The zero-order valence-corrected chi connectivity index (χ0v) is 15.6. The fraction of sp³-hybridized carbons (Fsp3) is 0.150. The molecule has 1 fully saturated rings. The van der Waals surface area contributed by atoms with E-state index in [1.54, 1.807) is 12.1 Å². The third-order valence-corrected chi connectivity index (χ3v) is 4.66. The molecule has 0 aliphatic carbocycles. The molecule has 2 aromatic rings. The van der Waals surface area contributed by atoms with E-state index in [0.29, 0.717) is 10.1 Å². The van der Waals surface area contributed by atoms with E-state index in [9.17, 15) is 9.59 Å². The van der Waals surface area contributed by atoms with Gasteiger partial charge in [0.25, 0.3) is 5.91 Å². The Labute approximate surface area is 156 Å². The van der Waals surface area contributed by atoms with Crippen LogP contribution in [0, 0.1) is 13.8 Å². The van der Waals surface area contributed by atoms with E-state index in [-0.39, 0.29) is 11.8 Å². The highest BCUT2D eigenvalue weighted by atomic mass is 32.2. The minimum Gasteiger partial charge on any atom is -0.326 e. The molecule has 1 saturated heterocycles. The Bertz CT molecular complexity index is 931. The van der Waals surface area contributed by atoms with Crippen molar-refractivity contribution in [1.82, 2.24) is 5.32 Å². The van der Waals surface area contributed by atoms with Gasteiger partial charge in [-0.1, -0.05) is 29.8 Å². The van der Waals surface area contributed by atoms with Gasteiger partial charge in [0.15, 0.2) is 5.17 Å². The van der Waals surface area contributed by atoms with Crippen LogP contribution in [0.15, 0.2) is 52.4 Å². The van der Waals surface area contributed by atoms with Crippen molar-refractivity contribution in [2.24, 2.45) is 4.99 Å². The summed E-state index contributed by atoms with van der Waals surface area (Å²) in [6.45, 7) is 5.50. The van der Waals surface area contributed by atoms with Crippen LogP contribution in [0.1, 0.15) is 23.6 Å². The maximum atomic E-state index is 12.2. The number of benzene rings is 2. The van der Waals surface area contributed by atoms with Gasteiger partial charge in [-0.15, -0.1) is 0 Å². The Balaban J connectivity index is 1.77. The van der Waals surface area contributed by atoms with Gasteiger partial charge in [-0.25, -0.2) is 4.99 Å². The average molecular weight is 365 g/mol. The summed E-state index contributed by atoms with van der Waals surface area (Å²) in [4.78, 5) is 28.4. The third-order valence-electron chi connectivity index (χ3n) is 3.75. The number of carbonyl (C=O) groups excluding carboxylic acids is 2. The molecule has 26 heavy (non-hydrogen) atoms. The lowest BCUT2D eigenvalue weighted by Gasteiger charge is -2.02. The van der Waals surface area contributed by atoms with Crippen molar-refractivity contribution in [3.8, 4) is 0 Å². The van der Waals surface area contributed by atoms with Gasteiger partial charge < -0.3 is 10.6 Å². The molecule has 132 valence electrons. The van der Waals surface area contributed by atoms with Crippen molar-refractivity contribution >= 4 is 46.2 Å². The molecule has 6 heteroatoms. The fourth-order valence-electron chi connectivity index (χ4n) is 2.54. The third kappa shape index (κ3) is 4.40. The average Bonchev–Trinajstić information content (AvgIpc) is 2.91. The van der Waals surface area contributed by atoms with Gasteiger partial charge in [0.05, 0.1) is 10.6 Å². The van der Waals surface area contributed by atoms with E-state index in [0.717, 1.165) is 22.5 Å². The van der Waals surface area contributed by atoms with Crippen LogP contribution >= 0.6 is 11.8 Å². The van der Waals surface area contributed by atoms with Gasteiger partial charge in [-0.2, -0.15) is 0 Å². The quantitative estimate of drug-likeness (QED) is 0.803. The number of nitrogens with zero attached hydrogens (tertiary/aromatic N) is 1. The van der Waals surface area contributed by atoms with Crippen LogP contribution in [0.3, 0.4) is 0 Å². The number of carbonyl (C=O) groups is 2. The van der Waals surface area contributed by atoms with Crippen molar-refractivity contribution in [2.75, 3.05) is 5.32 Å². The monoisotopic (exact) mass is 365 g/mol. The van der Waals surface area contributed by atoms with Crippen molar-refractivity contribution in [1.29, 1.82) is 0 Å². The van der Waals surface area contributed by atoms with Crippen LogP contribution in [0.5, 0.6) is 0 Å². The van der Waals surface area contributed by atoms with Gasteiger partial charge in [-0.05, 0) is 61.0 Å². The lowest BCUT2D eigenvalue weighted by Crippen LogP contribution is -2.19. The van der Waals surface area contributed by atoms with Gasteiger partial charge >= 0.3 is 0 Å². The van der Waals surface area contributed by atoms with Gasteiger partial charge in [-0.3, -0.25) is 9.59 Å². The highest BCUT2D eigenvalue weighted by Crippen LogP contribution is 2.29. The molecule has 2 aromatic carbocycles. The number of amides is 2. The molecular weight excluding hydrogens is 346 g/mol. The summed E-state index contributed by atoms with van der Waals surface area (Å²) in [5, 5.41) is 6.09. The van der Waals surface area contributed by atoms with Crippen LogP contribution in [0.25, 0.3) is 6.08 Å². The number of aryl methyl sites for hydroxylation is 2. The molecule has 2 N–H and O–H groups in total. The van der Waals surface area contributed by atoms with Crippen molar-refractivity contribution in [3.63, 3.8) is 0 Å². The molecule has 3 rings (SSSR count). The molecule has 0 saturated carbocycles. The number of hydrogen-bond donors (Lipinski definition) is 2. The number of anilines is 1. The summed E-state index contributed by atoms with van der Waals surface area (Å²) in [6, 6.07) is 13.3. The molecule has 0 unspecified atom stereocenters. The van der Waals surface area contributed by atoms with E-state index in [2.05, 4.69) is 21.7 Å². The molecule has 1 heterocycles. The predicted octanol–water partition coefficient (Wildman–Crippen LogP) is 4.15. The molecule has 0 radical (unpaired) electrons. The number of aliphatic imine (C=N–C) groups is 1. The summed E-state index contributed by atoms with van der Waals surface area (Å²) in [7, 11) is 0. The number of thioether (sulfide) groups is 1. The summed E-state index contributed by atoms with van der Waals surface area (Å²) in [5.41, 5.74) is 4.69. The Morgan fingerprint density at radius 1 is 1.15 bits per heavy atom. The molecule has 0 atom stereocenters. The first-order chi connectivity index (χ1) is 12.4. The first kappa shape index (κ1) is 17.9. The summed E-state index contributed by atoms with van der Waals surface area (Å²) >= 11 is 1.32. The van der Waals surface area contributed by atoms with Crippen LogP contribution < -0.4 is 10.6 Å². The van der Waals surface area contributed by atoms with Crippen LogP contribution in [-0.4, -0.2) is 17.0 Å². The second-order valence-electron chi connectivity index (χ2n) is 6.07. The Morgan fingerprint density at radius 2 is 1.88 bits per heavy atom. The van der Waals surface area contributed by atoms with Gasteiger partial charge in [0, 0.05) is 12.6 Å². The first-order valence-electron chi connectivity index (χ1n) is 8.15. The molecule has 0 spiro atoms. The topological polar surface area (TPSA) is 70.6 Å². The highest BCUT2D eigenvalue weighted by molar-refractivity contribution is 8.18. The van der Waals surface area contributed by atoms with Crippen LogP contribution in [0.2, 0.25) is 0 Å². The molecule has 0 bridgehead atoms. The van der Waals surface area contributed by atoms with E-state index < -0.39 is 0 Å². The normalized spacial score (nSPS) is 16.8. The lowest BCUT2D eigenvalue weighted by molar-refractivity contribution is -0.115. The number of hydrogen-bond acceptors (Lipinski definition) is 4. The minimum absolute atomic E-state index is 0.117. The Kier molecular flexibility index (Phi) is 5.23.